The van der Waals surface area contributed by atoms with Gasteiger partial charge in [0.25, 0.3) is 0 Å². The number of sulfonamides is 1. The first kappa shape index (κ1) is 15.7. The van der Waals surface area contributed by atoms with Crippen LogP contribution in [0, 0.1) is 0 Å². The Bertz CT molecular complexity index is 844. The van der Waals surface area contributed by atoms with Crippen molar-refractivity contribution in [2.24, 2.45) is 7.05 Å². The Morgan fingerprint density at radius 2 is 2.00 bits per heavy atom. The zero-order chi connectivity index (χ0) is 16.6. The highest BCUT2D eigenvalue weighted by molar-refractivity contribution is 7.89. The molecule has 0 spiro atoms. The highest BCUT2D eigenvalue weighted by atomic mass is 32.2. The molecule has 1 aromatic carbocycles. The zero-order valence-corrected chi connectivity index (χ0v) is 13.7. The van der Waals surface area contributed by atoms with Gasteiger partial charge in [0.2, 0.25) is 15.9 Å². The second kappa shape index (κ2) is 5.78. The minimum absolute atomic E-state index is 0.0910. The molecule has 3 rings (SSSR count). The number of carbonyl (C=O) groups is 1. The van der Waals surface area contributed by atoms with Crippen molar-refractivity contribution in [1.29, 1.82) is 0 Å². The van der Waals surface area contributed by atoms with E-state index in [1.54, 1.807) is 7.05 Å². The average molecular weight is 334 g/mol. The molecule has 2 heterocycles. The van der Waals surface area contributed by atoms with Gasteiger partial charge < -0.3 is 5.32 Å². The maximum atomic E-state index is 12.9. The molecule has 1 atom stereocenters. The molecule has 0 saturated heterocycles. The van der Waals surface area contributed by atoms with Gasteiger partial charge in [0.15, 0.2) is 0 Å². The van der Waals surface area contributed by atoms with Crippen LogP contribution in [-0.2, 0) is 34.8 Å². The van der Waals surface area contributed by atoms with Crippen LogP contribution in [0.15, 0.2) is 41.6 Å². The van der Waals surface area contributed by atoms with E-state index in [9.17, 15) is 13.2 Å². The number of rotatable bonds is 3. The first-order valence-electron chi connectivity index (χ1n) is 7.22. The number of nitrogens with one attached hydrogen (secondary N) is 1. The molecule has 0 aliphatic carbocycles. The Morgan fingerprint density at radius 3 is 2.61 bits per heavy atom. The maximum absolute atomic E-state index is 12.9. The van der Waals surface area contributed by atoms with Gasteiger partial charge in [-0.05, 0) is 17.5 Å². The van der Waals surface area contributed by atoms with Crippen LogP contribution in [0.25, 0.3) is 0 Å². The molecule has 1 aliphatic heterocycles. The standard InChI is InChI=1S/C15H18N4O3S/c1-16-15(20)14-7-11-5-3-4-6-12(11)9-19(14)23(21,22)13-8-17-18(2)10-13/h3-6,8,10,14H,7,9H2,1-2H3,(H,16,20)/t14-/m1/s1. The van der Waals surface area contributed by atoms with E-state index in [0.29, 0.717) is 6.42 Å². The van der Waals surface area contributed by atoms with Gasteiger partial charge in [0.05, 0.1) is 6.20 Å². The van der Waals surface area contributed by atoms with Gasteiger partial charge in [-0.25, -0.2) is 8.42 Å². The number of likely N-dealkylation sites (N-methyl/N-ethyl adjacent to an activating group) is 1. The van der Waals surface area contributed by atoms with Crippen LogP contribution in [0.1, 0.15) is 11.1 Å². The van der Waals surface area contributed by atoms with Crippen LogP contribution in [0.5, 0.6) is 0 Å². The molecule has 1 aromatic heterocycles. The fraction of sp³-hybridized carbons (Fsp3) is 0.333. The molecule has 2 aromatic rings. The molecule has 8 heteroatoms. The molecule has 0 radical (unpaired) electrons. The van der Waals surface area contributed by atoms with Gasteiger partial charge >= 0.3 is 0 Å². The van der Waals surface area contributed by atoms with Crippen molar-refractivity contribution in [1.82, 2.24) is 19.4 Å². The van der Waals surface area contributed by atoms with Crippen molar-refractivity contribution in [2.45, 2.75) is 23.9 Å². The van der Waals surface area contributed by atoms with E-state index >= 15 is 0 Å². The van der Waals surface area contributed by atoms with Crippen molar-refractivity contribution in [2.75, 3.05) is 7.05 Å². The summed E-state index contributed by atoms with van der Waals surface area (Å²) in [5, 5.41) is 6.48. The Labute approximate surface area is 135 Å². The molecule has 23 heavy (non-hydrogen) atoms. The highest BCUT2D eigenvalue weighted by Crippen LogP contribution is 2.28. The number of hydrogen-bond acceptors (Lipinski definition) is 4. The monoisotopic (exact) mass is 334 g/mol. The number of nitrogens with zero attached hydrogens (tertiary/aromatic N) is 3. The third-order valence-corrected chi connectivity index (χ3v) is 5.85. The van der Waals surface area contributed by atoms with Gasteiger partial charge in [-0.1, -0.05) is 24.3 Å². The summed E-state index contributed by atoms with van der Waals surface area (Å²) in [5.41, 5.74) is 1.92. The number of aromatic nitrogens is 2. The SMILES string of the molecule is CNC(=O)[C@H]1Cc2ccccc2CN1S(=O)(=O)c1cnn(C)c1. The molecule has 0 fully saturated rings. The van der Waals surface area contributed by atoms with E-state index in [4.69, 9.17) is 0 Å². The molecule has 0 unspecified atom stereocenters. The second-order valence-corrected chi connectivity index (χ2v) is 7.39. The minimum atomic E-state index is -3.80. The molecule has 7 nitrogen and oxygen atoms in total. The number of hydrogen-bond donors (Lipinski definition) is 1. The predicted molar refractivity (Wildman–Crippen MR) is 83.9 cm³/mol. The largest absolute Gasteiger partial charge is 0.358 e. The molecule has 0 bridgehead atoms. The van der Waals surface area contributed by atoms with Crippen molar-refractivity contribution in [3.05, 3.63) is 47.8 Å². The zero-order valence-electron chi connectivity index (χ0n) is 12.9. The fourth-order valence-corrected chi connectivity index (χ4v) is 4.36. The van der Waals surface area contributed by atoms with Crippen LogP contribution in [-0.4, -0.2) is 41.5 Å². The summed E-state index contributed by atoms with van der Waals surface area (Å²) in [6, 6.07) is 6.82. The molecular formula is C15H18N4O3S. The smallest absolute Gasteiger partial charge is 0.247 e. The van der Waals surface area contributed by atoms with Crippen LogP contribution in [0.2, 0.25) is 0 Å². The van der Waals surface area contributed by atoms with E-state index in [-0.39, 0.29) is 17.3 Å². The lowest BCUT2D eigenvalue weighted by atomic mass is 9.95. The Morgan fingerprint density at radius 1 is 1.30 bits per heavy atom. The molecule has 1 aliphatic rings. The van der Waals surface area contributed by atoms with Gasteiger partial charge in [-0.2, -0.15) is 9.40 Å². The van der Waals surface area contributed by atoms with Gasteiger partial charge in [-0.3, -0.25) is 9.48 Å². The third kappa shape index (κ3) is 2.75. The lowest BCUT2D eigenvalue weighted by Gasteiger charge is -2.34. The van der Waals surface area contributed by atoms with Gasteiger partial charge in [-0.15, -0.1) is 0 Å². The fourth-order valence-electron chi connectivity index (χ4n) is 2.81. The van der Waals surface area contributed by atoms with E-state index in [0.717, 1.165) is 11.1 Å². The van der Waals surface area contributed by atoms with E-state index in [2.05, 4.69) is 10.4 Å². The molecule has 122 valence electrons. The van der Waals surface area contributed by atoms with Crippen molar-refractivity contribution in [3.8, 4) is 0 Å². The first-order valence-corrected chi connectivity index (χ1v) is 8.66. The summed E-state index contributed by atoms with van der Waals surface area (Å²) in [4.78, 5) is 12.3. The van der Waals surface area contributed by atoms with Crippen molar-refractivity contribution < 1.29 is 13.2 Å². The number of aryl methyl sites for hydroxylation is 1. The van der Waals surface area contributed by atoms with Gasteiger partial charge in [0.1, 0.15) is 10.9 Å². The molecule has 0 saturated carbocycles. The molecular weight excluding hydrogens is 316 g/mol. The second-order valence-electron chi connectivity index (χ2n) is 5.50. The summed E-state index contributed by atoms with van der Waals surface area (Å²) in [7, 11) is -0.634. The van der Waals surface area contributed by atoms with Crippen molar-refractivity contribution >= 4 is 15.9 Å². The summed E-state index contributed by atoms with van der Waals surface area (Å²) in [5.74, 6) is -0.313. The maximum Gasteiger partial charge on any atom is 0.247 e. The summed E-state index contributed by atoms with van der Waals surface area (Å²) in [6.45, 7) is 0.172. The highest BCUT2D eigenvalue weighted by Gasteiger charge is 2.39. The first-order chi connectivity index (χ1) is 10.9. The Kier molecular flexibility index (Phi) is 3.95. The normalized spacial score (nSPS) is 18.4. The van der Waals surface area contributed by atoms with Gasteiger partial charge in [0, 0.05) is 26.8 Å². The average Bonchev–Trinajstić information content (AvgIpc) is 3.00. The van der Waals surface area contributed by atoms with E-state index in [1.165, 1.54) is 28.4 Å². The molecule has 1 N–H and O–H groups in total. The lowest BCUT2D eigenvalue weighted by molar-refractivity contribution is -0.124. The lowest BCUT2D eigenvalue weighted by Crippen LogP contribution is -2.51. The Hall–Kier alpha value is -2.19. The minimum Gasteiger partial charge on any atom is -0.358 e. The quantitative estimate of drug-likeness (QED) is 0.874. The van der Waals surface area contributed by atoms with Crippen LogP contribution >= 0.6 is 0 Å². The predicted octanol–water partition coefficient (Wildman–Crippen LogP) is 0.282. The molecule has 1 amide bonds. The summed E-state index contributed by atoms with van der Waals surface area (Å²) < 4.78 is 28.6. The summed E-state index contributed by atoms with van der Waals surface area (Å²) >= 11 is 0. The number of amides is 1. The van der Waals surface area contributed by atoms with E-state index in [1.807, 2.05) is 24.3 Å². The third-order valence-electron chi connectivity index (χ3n) is 4.04. The van der Waals surface area contributed by atoms with E-state index < -0.39 is 16.1 Å². The Balaban J connectivity index is 2.06. The van der Waals surface area contributed by atoms with Crippen molar-refractivity contribution in [3.63, 3.8) is 0 Å². The topological polar surface area (TPSA) is 84.3 Å². The van der Waals surface area contributed by atoms with Crippen LogP contribution in [0.4, 0.5) is 0 Å². The van der Waals surface area contributed by atoms with Crippen LogP contribution in [0.3, 0.4) is 0 Å². The number of carbonyl (C=O) groups excluding carboxylic acids is 1. The number of fused-ring (bicyclic) bond motifs is 1. The van der Waals surface area contributed by atoms with Crippen LogP contribution < -0.4 is 5.32 Å². The number of benzene rings is 1. The summed E-state index contributed by atoms with van der Waals surface area (Å²) in [6.07, 6.45) is 3.10.